The smallest absolute Gasteiger partial charge is 0.408 e. The molecular weight excluding hydrogens is 536 g/mol. The van der Waals surface area contributed by atoms with Crippen molar-refractivity contribution >= 4 is 41.1 Å². The molecule has 216 valence electrons. The van der Waals surface area contributed by atoms with Crippen molar-refractivity contribution in [2.24, 2.45) is 5.73 Å². The Morgan fingerprint density at radius 2 is 1.75 bits per heavy atom. The normalized spacial score (nSPS) is 12.6. The highest BCUT2D eigenvalue weighted by molar-refractivity contribution is 6.34. The van der Waals surface area contributed by atoms with Gasteiger partial charge in [0.05, 0.1) is 10.7 Å². The van der Waals surface area contributed by atoms with E-state index in [-0.39, 0.29) is 35.7 Å². The highest BCUT2D eigenvalue weighted by atomic mass is 35.5. The number of nitrogens with zero attached hydrogens (tertiary/aromatic N) is 1. The predicted octanol–water partition coefficient (Wildman–Crippen LogP) is 4.52. The molecule has 0 fully saturated rings. The van der Waals surface area contributed by atoms with Crippen LogP contribution in [0.15, 0.2) is 49.1 Å². The third-order valence-corrected chi connectivity index (χ3v) is 6.19. The first-order valence-corrected chi connectivity index (χ1v) is 13.1. The third-order valence-electron chi connectivity index (χ3n) is 5.87. The summed E-state index contributed by atoms with van der Waals surface area (Å²) in [6.45, 7) is 12.0. The number of benzene rings is 2. The molecule has 0 aliphatic rings. The highest BCUT2D eigenvalue weighted by Crippen LogP contribution is 2.34. The van der Waals surface area contributed by atoms with Crippen molar-refractivity contribution in [1.82, 2.24) is 10.2 Å². The molecule has 0 bridgehead atoms. The molecule has 0 radical (unpaired) electrons. The quantitative estimate of drug-likeness (QED) is 0.291. The van der Waals surface area contributed by atoms with E-state index in [0.29, 0.717) is 16.8 Å². The van der Waals surface area contributed by atoms with Gasteiger partial charge in [-0.15, -0.1) is 6.58 Å². The molecule has 2 aromatic carbocycles. The van der Waals surface area contributed by atoms with E-state index in [2.05, 4.69) is 17.2 Å². The minimum absolute atomic E-state index is 0.142. The average Bonchev–Trinajstić information content (AvgIpc) is 2.84. The lowest BCUT2D eigenvalue weighted by Crippen LogP contribution is -2.52. The zero-order chi connectivity index (χ0) is 30.2. The van der Waals surface area contributed by atoms with E-state index in [4.69, 9.17) is 22.1 Å². The maximum absolute atomic E-state index is 14.0. The number of phenols is 1. The van der Waals surface area contributed by atoms with E-state index in [1.165, 1.54) is 12.1 Å². The number of anilines is 1. The summed E-state index contributed by atoms with van der Waals surface area (Å²) < 4.78 is 5.31. The Morgan fingerprint density at radius 3 is 2.33 bits per heavy atom. The summed E-state index contributed by atoms with van der Waals surface area (Å²) in [4.78, 5) is 53.3. The molecule has 0 saturated carbocycles. The van der Waals surface area contributed by atoms with Gasteiger partial charge < -0.3 is 31.1 Å². The van der Waals surface area contributed by atoms with E-state index in [1.807, 2.05) is 0 Å². The summed E-state index contributed by atoms with van der Waals surface area (Å²) in [5.41, 5.74) is 6.11. The number of halogens is 1. The van der Waals surface area contributed by atoms with Crippen molar-refractivity contribution < 1.29 is 29.0 Å². The van der Waals surface area contributed by atoms with Crippen LogP contribution in [-0.2, 0) is 19.1 Å². The highest BCUT2D eigenvalue weighted by Gasteiger charge is 2.37. The number of alkyl carbamates (subject to hydrolysis) is 1. The summed E-state index contributed by atoms with van der Waals surface area (Å²) in [6.07, 6.45) is 0.142. The van der Waals surface area contributed by atoms with Crippen molar-refractivity contribution in [3.8, 4) is 5.75 Å². The van der Waals surface area contributed by atoms with Gasteiger partial charge in [-0.2, -0.15) is 0 Å². The average molecular weight is 573 g/mol. The number of nitrogens with one attached hydrogen (secondary N) is 2. The molecule has 5 N–H and O–H groups in total. The van der Waals surface area contributed by atoms with Crippen LogP contribution < -0.4 is 16.4 Å². The Labute approximate surface area is 239 Å². The molecule has 11 heteroatoms. The molecule has 40 heavy (non-hydrogen) atoms. The third kappa shape index (κ3) is 8.74. The first-order chi connectivity index (χ1) is 18.7. The maximum atomic E-state index is 14.0. The molecule has 10 nitrogen and oxygen atoms in total. The number of nitrogens with two attached hydrogens (primary N) is 1. The number of hydrogen-bond acceptors (Lipinski definition) is 6. The molecular formula is C29H37ClN4O6. The van der Waals surface area contributed by atoms with Gasteiger partial charge in [0.15, 0.2) is 0 Å². The summed E-state index contributed by atoms with van der Waals surface area (Å²) in [7, 11) is 0. The second-order valence-electron chi connectivity index (χ2n) is 10.3. The number of rotatable bonds is 11. The van der Waals surface area contributed by atoms with Gasteiger partial charge in [0.2, 0.25) is 11.8 Å². The SMILES string of the molecule is C=CCN(C(=O)C(CCC(N)=O)NC(=O)OC(C)(C)C)C(C(=O)Nc1c(C)cccc1Cl)c1cccc(C)c1O. The van der Waals surface area contributed by atoms with Crippen molar-refractivity contribution in [2.75, 3.05) is 11.9 Å². The fourth-order valence-electron chi connectivity index (χ4n) is 3.99. The molecule has 0 spiro atoms. The Bertz CT molecular complexity index is 1250. The van der Waals surface area contributed by atoms with Crippen molar-refractivity contribution in [2.45, 2.75) is 65.1 Å². The van der Waals surface area contributed by atoms with Crippen LogP contribution in [0.4, 0.5) is 10.5 Å². The zero-order valence-corrected chi connectivity index (χ0v) is 24.2. The predicted molar refractivity (Wildman–Crippen MR) is 154 cm³/mol. The number of ether oxygens (including phenoxy) is 1. The number of phenolic OH excluding ortho intramolecular Hbond substituents is 1. The molecule has 4 amide bonds. The maximum Gasteiger partial charge on any atom is 0.408 e. The Morgan fingerprint density at radius 1 is 1.12 bits per heavy atom. The summed E-state index contributed by atoms with van der Waals surface area (Å²) in [5.74, 6) is -2.25. The summed E-state index contributed by atoms with van der Waals surface area (Å²) in [6, 6.07) is 7.27. The molecule has 2 rings (SSSR count). The number of amides is 4. The Hall–Kier alpha value is -4.05. The van der Waals surface area contributed by atoms with Crippen LogP contribution >= 0.6 is 11.6 Å². The first-order valence-electron chi connectivity index (χ1n) is 12.7. The first kappa shape index (κ1) is 32.2. The van der Waals surface area contributed by atoms with Crippen LogP contribution in [0, 0.1) is 13.8 Å². The van der Waals surface area contributed by atoms with Crippen molar-refractivity contribution in [3.05, 3.63) is 70.8 Å². The number of carbonyl (C=O) groups is 4. The zero-order valence-electron chi connectivity index (χ0n) is 23.4. The molecule has 0 aliphatic heterocycles. The van der Waals surface area contributed by atoms with E-state index >= 15 is 0 Å². The van der Waals surface area contributed by atoms with E-state index < -0.39 is 41.5 Å². The van der Waals surface area contributed by atoms with Gasteiger partial charge in [0.25, 0.3) is 5.91 Å². The lowest BCUT2D eigenvalue weighted by Gasteiger charge is -2.34. The second-order valence-corrected chi connectivity index (χ2v) is 10.7. The molecule has 0 saturated heterocycles. The summed E-state index contributed by atoms with van der Waals surface area (Å²) >= 11 is 6.35. The monoisotopic (exact) mass is 572 g/mol. The fraction of sp³-hybridized carbons (Fsp3) is 0.379. The molecule has 2 atom stereocenters. The van der Waals surface area contributed by atoms with Gasteiger partial charge in [-0.3, -0.25) is 14.4 Å². The minimum Gasteiger partial charge on any atom is -0.507 e. The van der Waals surface area contributed by atoms with Gasteiger partial charge >= 0.3 is 6.09 Å². The van der Waals surface area contributed by atoms with Crippen LogP contribution in [0.2, 0.25) is 5.02 Å². The van der Waals surface area contributed by atoms with Gasteiger partial charge in [0, 0.05) is 18.5 Å². The number of para-hydroxylation sites is 2. The van der Waals surface area contributed by atoms with E-state index in [9.17, 15) is 24.3 Å². The number of carbonyl (C=O) groups excluding carboxylic acids is 4. The van der Waals surface area contributed by atoms with Gasteiger partial charge in [-0.25, -0.2) is 4.79 Å². The molecule has 0 heterocycles. The largest absolute Gasteiger partial charge is 0.507 e. The summed E-state index contributed by atoms with van der Waals surface area (Å²) in [5, 5.41) is 16.5. The van der Waals surface area contributed by atoms with Crippen molar-refractivity contribution in [3.63, 3.8) is 0 Å². The second kappa shape index (κ2) is 13.8. The molecule has 2 aromatic rings. The van der Waals surface area contributed by atoms with E-state index in [1.54, 1.807) is 65.0 Å². The van der Waals surface area contributed by atoms with Crippen molar-refractivity contribution in [1.29, 1.82) is 0 Å². The molecule has 0 aromatic heterocycles. The molecule has 0 aliphatic carbocycles. The van der Waals surface area contributed by atoms with Crippen LogP contribution in [0.1, 0.15) is 56.3 Å². The minimum atomic E-state index is -1.38. The van der Waals surface area contributed by atoms with Crippen LogP contribution in [0.25, 0.3) is 0 Å². The lowest BCUT2D eigenvalue weighted by molar-refractivity contribution is -0.140. The number of primary amides is 1. The number of hydrogen-bond donors (Lipinski definition) is 4. The topological polar surface area (TPSA) is 151 Å². The van der Waals surface area contributed by atoms with Gasteiger partial charge in [-0.1, -0.05) is 48.0 Å². The van der Waals surface area contributed by atoms with Gasteiger partial charge in [0.1, 0.15) is 23.4 Å². The van der Waals surface area contributed by atoms with Gasteiger partial charge in [-0.05, 0) is 58.2 Å². The Kier molecular flexibility index (Phi) is 11.1. The van der Waals surface area contributed by atoms with Crippen LogP contribution in [0.5, 0.6) is 5.75 Å². The number of aryl methyl sites for hydroxylation is 2. The molecule has 2 unspecified atom stereocenters. The van der Waals surface area contributed by atoms with Crippen LogP contribution in [-0.4, -0.2) is 52.0 Å². The fourth-order valence-corrected chi connectivity index (χ4v) is 4.26. The lowest BCUT2D eigenvalue weighted by atomic mass is 9.98. The standard InChI is InChI=1S/C29H37ClN4O6/c1-7-16-34(27(38)21(14-15-22(31)35)32-28(39)40-29(4,5)6)24(19-12-8-11-18(3)25(19)36)26(37)33-23-17(2)10-9-13-20(23)30/h7-13,21,24,36H,1,14-16H2,2-6H3,(H2,31,35)(H,32,39)(H,33,37). The van der Waals surface area contributed by atoms with Crippen LogP contribution in [0.3, 0.4) is 0 Å². The van der Waals surface area contributed by atoms with E-state index in [0.717, 1.165) is 4.90 Å². The Balaban J connectivity index is 2.61. The number of aromatic hydroxyl groups is 1.